The molecule has 2 aliphatic heterocycles. The van der Waals surface area contributed by atoms with Gasteiger partial charge in [-0.2, -0.15) is 0 Å². The van der Waals surface area contributed by atoms with Crippen LogP contribution >= 0.6 is 0 Å². The van der Waals surface area contributed by atoms with Crippen LogP contribution in [-0.2, 0) is 14.3 Å². The number of amides is 1. The van der Waals surface area contributed by atoms with Crippen LogP contribution in [0.15, 0.2) is 0 Å². The third-order valence-corrected chi connectivity index (χ3v) is 3.04. The van der Waals surface area contributed by atoms with Crippen LogP contribution in [0.2, 0.25) is 0 Å². The fourth-order valence-corrected chi connectivity index (χ4v) is 2.26. The van der Waals surface area contributed by atoms with Gasteiger partial charge in [-0.05, 0) is 20.8 Å². The molecule has 2 heterocycles. The molecular weight excluding hydrogens is 226 g/mol. The molecule has 0 aromatic rings. The minimum Gasteiger partial charge on any atom is -0.479 e. The van der Waals surface area contributed by atoms with Crippen LogP contribution in [0.3, 0.4) is 0 Å². The van der Waals surface area contributed by atoms with E-state index in [0.717, 1.165) is 0 Å². The van der Waals surface area contributed by atoms with Crippen LogP contribution in [0.1, 0.15) is 27.2 Å². The van der Waals surface area contributed by atoms with E-state index in [4.69, 9.17) is 9.47 Å². The lowest BCUT2D eigenvalue weighted by molar-refractivity contribution is -0.152. The maximum absolute atomic E-state index is 11.9. The maximum Gasteiger partial charge on any atom is 0.411 e. The summed E-state index contributed by atoms with van der Waals surface area (Å²) in [6, 6.07) is 0. The molecule has 2 saturated heterocycles. The predicted octanol–water partition coefficient (Wildman–Crippen LogP) is 0.849. The number of hydrogen-bond donors (Lipinski definition) is 1. The molecule has 2 unspecified atom stereocenters. The lowest BCUT2D eigenvalue weighted by Gasteiger charge is -2.35. The molecule has 0 spiro atoms. The highest BCUT2D eigenvalue weighted by Crippen LogP contribution is 2.39. The zero-order valence-corrected chi connectivity index (χ0v) is 10.2. The van der Waals surface area contributed by atoms with Crippen molar-refractivity contribution in [1.82, 2.24) is 4.90 Å². The quantitative estimate of drug-likeness (QED) is 0.738. The van der Waals surface area contributed by atoms with Crippen LogP contribution in [0.25, 0.3) is 0 Å². The number of carboxylic acids is 1. The van der Waals surface area contributed by atoms with E-state index in [1.54, 1.807) is 20.8 Å². The van der Waals surface area contributed by atoms with Gasteiger partial charge in [-0.15, -0.1) is 0 Å². The standard InChI is InChI=1S/C11H17NO5/c1-10(2,3)17-9(15)12-5-7-4-11(12,6-16-7)8(13)14/h7H,4-6H2,1-3H3,(H,13,14). The molecule has 6 heteroatoms. The lowest BCUT2D eigenvalue weighted by Crippen LogP contribution is -2.57. The van der Waals surface area contributed by atoms with E-state index in [-0.39, 0.29) is 12.7 Å². The van der Waals surface area contributed by atoms with Gasteiger partial charge in [-0.3, -0.25) is 4.90 Å². The largest absolute Gasteiger partial charge is 0.479 e. The first-order valence-corrected chi connectivity index (χ1v) is 5.60. The average molecular weight is 243 g/mol. The highest BCUT2D eigenvalue weighted by Gasteiger charge is 2.60. The number of carbonyl (C=O) groups excluding carboxylic acids is 1. The topological polar surface area (TPSA) is 76.1 Å². The Hall–Kier alpha value is -1.30. The maximum atomic E-state index is 11.9. The molecule has 1 amide bonds. The van der Waals surface area contributed by atoms with Gasteiger partial charge >= 0.3 is 12.1 Å². The van der Waals surface area contributed by atoms with Gasteiger partial charge in [-0.25, -0.2) is 9.59 Å². The first kappa shape index (κ1) is 12.2. The highest BCUT2D eigenvalue weighted by molar-refractivity contribution is 5.86. The highest BCUT2D eigenvalue weighted by atomic mass is 16.6. The summed E-state index contributed by atoms with van der Waals surface area (Å²) in [5.41, 5.74) is -1.85. The average Bonchev–Trinajstić information content (AvgIpc) is 2.72. The van der Waals surface area contributed by atoms with Gasteiger partial charge in [0.05, 0.1) is 19.3 Å². The minimum atomic E-state index is -1.23. The minimum absolute atomic E-state index is 0.0479. The number of rotatable bonds is 1. The smallest absolute Gasteiger partial charge is 0.411 e. The van der Waals surface area contributed by atoms with Crippen molar-refractivity contribution in [2.45, 2.75) is 44.4 Å². The monoisotopic (exact) mass is 243 g/mol. The second-order valence-electron chi connectivity index (χ2n) is 5.56. The number of morpholine rings is 1. The molecule has 1 N–H and O–H groups in total. The normalized spacial score (nSPS) is 31.7. The molecule has 17 heavy (non-hydrogen) atoms. The van der Waals surface area contributed by atoms with Crippen LogP contribution in [0.5, 0.6) is 0 Å². The van der Waals surface area contributed by atoms with Crippen LogP contribution in [0.4, 0.5) is 4.79 Å². The first-order chi connectivity index (χ1) is 7.74. The van der Waals surface area contributed by atoms with Crippen LogP contribution in [0, 0.1) is 0 Å². The lowest BCUT2D eigenvalue weighted by atomic mass is 10.00. The van der Waals surface area contributed by atoms with E-state index in [9.17, 15) is 14.7 Å². The number of hydrogen-bond acceptors (Lipinski definition) is 4. The number of nitrogens with zero attached hydrogens (tertiary/aromatic N) is 1. The van der Waals surface area contributed by atoms with Gasteiger partial charge in [0, 0.05) is 6.42 Å². The summed E-state index contributed by atoms with van der Waals surface area (Å²) < 4.78 is 10.5. The third kappa shape index (κ3) is 1.97. The van der Waals surface area contributed by atoms with Gasteiger partial charge in [0.2, 0.25) is 0 Å². The number of likely N-dealkylation sites (tertiary alicyclic amines) is 1. The van der Waals surface area contributed by atoms with E-state index in [2.05, 4.69) is 0 Å². The van der Waals surface area contributed by atoms with Gasteiger partial charge in [-0.1, -0.05) is 0 Å². The number of carbonyl (C=O) groups is 2. The second kappa shape index (κ2) is 3.60. The molecule has 0 aliphatic carbocycles. The van der Waals surface area contributed by atoms with Gasteiger partial charge in [0.1, 0.15) is 5.60 Å². The van der Waals surface area contributed by atoms with Crippen molar-refractivity contribution in [3.05, 3.63) is 0 Å². The number of ether oxygens (including phenoxy) is 2. The Labute approximate surface area is 99.5 Å². The summed E-state index contributed by atoms with van der Waals surface area (Å²) in [5.74, 6) is -1.02. The Bertz CT molecular complexity index is 361. The van der Waals surface area contributed by atoms with Crippen LogP contribution < -0.4 is 0 Å². The van der Waals surface area contributed by atoms with Crippen molar-refractivity contribution >= 4 is 12.1 Å². The summed E-state index contributed by atoms with van der Waals surface area (Å²) in [5, 5.41) is 9.28. The molecule has 2 fully saturated rings. The second-order valence-corrected chi connectivity index (χ2v) is 5.56. The third-order valence-electron chi connectivity index (χ3n) is 3.04. The van der Waals surface area contributed by atoms with Gasteiger partial charge in [0.25, 0.3) is 0 Å². The molecule has 0 aromatic carbocycles. The molecule has 0 saturated carbocycles. The van der Waals surface area contributed by atoms with Crippen molar-refractivity contribution < 1.29 is 24.2 Å². The molecule has 6 nitrogen and oxygen atoms in total. The Morgan fingerprint density at radius 1 is 1.47 bits per heavy atom. The zero-order chi connectivity index (χ0) is 12.8. The van der Waals surface area contributed by atoms with Gasteiger partial charge < -0.3 is 14.6 Å². The fraction of sp³-hybridized carbons (Fsp3) is 0.818. The predicted molar refractivity (Wildman–Crippen MR) is 57.7 cm³/mol. The summed E-state index contributed by atoms with van der Waals surface area (Å²) in [6.07, 6.45) is -0.411. The summed E-state index contributed by atoms with van der Waals surface area (Å²) in [4.78, 5) is 24.6. The van der Waals surface area contributed by atoms with Crippen LogP contribution in [-0.4, -0.2) is 52.5 Å². The van der Waals surface area contributed by atoms with Crippen molar-refractivity contribution in [1.29, 1.82) is 0 Å². The number of carboxylic acid groups (broad SMARTS) is 1. The summed E-state index contributed by atoms with van der Waals surface area (Å²) >= 11 is 0. The van der Waals surface area contributed by atoms with E-state index < -0.39 is 23.2 Å². The van der Waals surface area contributed by atoms with Crippen molar-refractivity contribution in [3.8, 4) is 0 Å². The Morgan fingerprint density at radius 3 is 2.59 bits per heavy atom. The molecule has 0 radical (unpaired) electrons. The molecule has 2 atom stereocenters. The van der Waals surface area contributed by atoms with E-state index >= 15 is 0 Å². The number of fused-ring (bicyclic) bond motifs is 2. The molecule has 0 aromatic heterocycles. The molecule has 96 valence electrons. The Balaban J connectivity index is 2.17. The van der Waals surface area contributed by atoms with E-state index in [1.807, 2.05) is 0 Å². The Morgan fingerprint density at radius 2 is 2.12 bits per heavy atom. The molecule has 2 bridgehead atoms. The van der Waals surface area contributed by atoms with Crippen molar-refractivity contribution in [2.24, 2.45) is 0 Å². The SMILES string of the molecule is CC(C)(C)OC(=O)N1CC2CC1(C(=O)O)CO2. The summed E-state index contributed by atoms with van der Waals surface area (Å²) in [6.45, 7) is 5.60. The number of aliphatic carboxylic acids is 1. The van der Waals surface area contributed by atoms with Crippen molar-refractivity contribution in [3.63, 3.8) is 0 Å². The fourth-order valence-electron chi connectivity index (χ4n) is 2.26. The van der Waals surface area contributed by atoms with Gasteiger partial charge in [0.15, 0.2) is 5.54 Å². The summed E-state index contributed by atoms with van der Waals surface area (Å²) in [7, 11) is 0. The first-order valence-electron chi connectivity index (χ1n) is 5.60. The Kier molecular flexibility index (Phi) is 2.57. The van der Waals surface area contributed by atoms with E-state index in [0.29, 0.717) is 13.0 Å². The zero-order valence-electron chi connectivity index (χ0n) is 10.2. The van der Waals surface area contributed by atoms with E-state index in [1.165, 1.54) is 4.90 Å². The molecular formula is C11H17NO5. The molecule has 2 aliphatic rings. The molecule has 2 rings (SSSR count). The van der Waals surface area contributed by atoms with Crippen molar-refractivity contribution in [2.75, 3.05) is 13.2 Å².